The van der Waals surface area contributed by atoms with Gasteiger partial charge in [-0.15, -0.1) is 0 Å². The van der Waals surface area contributed by atoms with Gasteiger partial charge < -0.3 is 40.9 Å². The van der Waals surface area contributed by atoms with Gasteiger partial charge in [0, 0.05) is 32.1 Å². The van der Waals surface area contributed by atoms with Crippen molar-refractivity contribution in [2.24, 2.45) is 0 Å². The summed E-state index contributed by atoms with van der Waals surface area (Å²) in [5.74, 6) is -9.31. The molecule has 2 aromatic carbocycles. The predicted octanol–water partition coefficient (Wildman–Crippen LogP) is 2.35. The van der Waals surface area contributed by atoms with Crippen molar-refractivity contribution in [3.63, 3.8) is 0 Å². The third-order valence-electron chi connectivity index (χ3n) is 7.11. The van der Waals surface area contributed by atoms with Gasteiger partial charge in [-0.05, 0) is 68.1 Å². The fourth-order valence-corrected chi connectivity index (χ4v) is 4.46. The van der Waals surface area contributed by atoms with Crippen LogP contribution in [0.2, 0.25) is 0 Å². The summed E-state index contributed by atoms with van der Waals surface area (Å²) in [6, 6.07) is 4.18. The average molecular weight is 728 g/mol. The second-order valence-electron chi connectivity index (χ2n) is 11.1. The lowest BCUT2D eigenvalue weighted by Crippen LogP contribution is -2.44. The molecule has 0 aliphatic carbocycles. The molecule has 276 valence electrons. The second kappa shape index (κ2) is 17.5. The minimum atomic E-state index is -5.08. The first kappa shape index (κ1) is 41.1. The van der Waals surface area contributed by atoms with Gasteiger partial charge in [-0.3, -0.25) is 19.2 Å². The molecule has 16 nitrogen and oxygen atoms in total. The van der Waals surface area contributed by atoms with E-state index in [1.807, 2.05) is 6.92 Å². The molecule has 1 heterocycles. The lowest BCUT2D eigenvalue weighted by Gasteiger charge is -2.22. The van der Waals surface area contributed by atoms with Crippen molar-refractivity contribution >= 4 is 52.3 Å². The Balaban J connectivity index is 0.00000116. The molecule has 0 unspecified atom stereocenters. The number of hydrogen-bond donors (Lipinski definition) is 7. The van der Waals surface area contributed by atoms with Crippen LogP contribution in [0.3, 0.4) is 0 Å². The maximum atomic E-state index is 15.0. The molecule has 2 amide bonds. The van der Waals surface area contributed by atoms with Crippen LogP contribution < -0.4 is 21.1 Å². The van der Waals surface area contributed by atoms with Crippen LogP contribution in [0.15, 0.2) is 35.1 Å². The van der Waals surface area contributed by atoms with Crippen LogP contribution in [0.4, 0.5) is 23.2 Å². The summed E-state index contributed by atoms with van der Waals surface area (Å²) in [6.07, 6.45) is -6.91. The molecule has 1 aromatic heterocycles. The van der Waals surface area contributed by atoms with E-state index in [0.717, 1.165) is 17.2 Å². The van der Waals surface area contributed by atoms with Crippen molar-refractivity contribution in [3.05, 3.63) is 69.0 Å². The summed E-state index contributed by atoms with van der Waals surface area (Å²) in [7, 11) is 1.69. The number of carbonyl (C=O) groups excluding carboxylic acids is 2. The number of H-pyrrole nitrogens is 1. The zero-order valence-corrected chi connectivity index (χ0v) is 27.1. The highest BCUT2D eigenvalue weighted by molar-refractivity contribution is 5.97. The molecule has 3 rings (SSSR count). The molecule has 0 saturated heterocycles. The zero-order valence-electron chi connectivity index (χ0n) is 27.1. The van der Waals surface area contributed by atoms with Crippen molar-refractivity contribution in [2.75, 3.05) is 11.9 Å². The van der Waals surface area contributed by atoms with Gasteiger partial charge in [0.2, 0.25) is 5.91 Å². The molecule has 0 saturated carbocycles. The van der Waals surface area contributed by atoms with Crippen LogP contribution in [0.25, 0.3) is 10.9 Å². The van der Waals surface area contributed by atoms with Gasteiger partial charge in [0.25, 0.3) is 11.5 Å². The number of carbonyl (C=O) groups is 6. The van der Waals surface area contributed by atoms with Crippen LogP contribution in [0, 0.1) is 19.7 Å². The van der Waals surface area contributed by atoms with E-state index in [2.05, 4.69) is 20.6 Å². The third kappa shape index (κ3) is 12.4. The highest BCUT2D eigenvalue weighted by atomic mass is 19.4. The highest BCUT2D eigenvalue weighted by Gasteiger charge is 2.38. The smallest absolute Gasteiger partial charge is 0.481 e. The lowest BCUT2D eigenvalue weighted by atomic mass is 10.0. The minimum Gasteiger partial charge on any atom is -0.481 e. The van der Waals surface area contributed by atoms with E-state index in [4.69, 9.17) is 20.1 Å². The Labute approximate surface area is 285 Å². The molecule has 2 atom stereocenters. The summed E-state index contributed by atoms with van der Waals surface area (Å²) in [5.41, 5.74) is 1.90. The summed E-state index contributed by atoms with van der Waals surface area (Å²) in [5, 5.41) is 39.2. The van der Waals surface area contributed by atoms with E-state index in [-0.39, 0.29) is 12.0 Å². The molecule has 7 N–H and O–H groups in total. The van der Waals surface area contributed by atoms with Gasteiger partial charge in [-0.2, -0.15) is 13.2 Å². The molecule has 20 heteroatoms. The monoisotopic (exact) mass is 727 g/mol. The molecule has 0 bridgehead atoms. The fourth-order valence-electron chi connectivity index (χ4n) is 4.46. The number of amides is 2. The fraction of sp³-hybridized carbons (Fsp3) is 0.355. The summed E-state index contributed by atoms with van der Waals surface area (Å²) >= 11 is 0. The number of alkyl halides is 3. The molecular formula is C31H33F4N5O11. The molecule has 0 aliphatic heterocycles. The molecule has 0 fully saturated rings. The number of aromatic nitrogens is 2. The molecule has 0 spiro atoms. The number of aliphatic carboxylic acids is 4. The molecule has 51 heavy (non-hydrogen) atoms. The number of anilines is 1. The minimum absolute atomic E-state index is 0.279. The van der Waals surface area contributed by atoms with E-state index in [1.54, 1.807) is 31.0 Å². The van der Waals surface area contributed by atoms with E-state index in [0.29, 0.717) is 29.0 Å². The van der Waals surface area contributed by atoms with E-state index >= 15 is 4.39 Å². The normalized spacial score (nSPS) is 12.1. The number of fused-ring (bicyclic) bond motifs is 1. The topological polar surface area (TPSA) is 256 Å². The third-order valence-corrected chi connectivity index (χ3v) is 7.11. The van der Waals surface area contributed by atoms with E-state index in [9.17, 15) is 47.0 Å². The second-order valence-corrected chi connectivity index (χ2v) is 11.1. The van der Waals surface area contributed by atoms with Crippen molar-refractivity contribution in [2.45, 2.75) is 64.3 Å². The predicted molar refractivity (Wildman–Crippen MR) is 169 cm³/mol. The number of halogens is 4. The van der Waals surface area contributed by atoms with Gasteiger partial charge in [-0.1, -0.05) is 0 Å². The summed E-state index contributed by atoms with van der Waals surface area (Å²) in [6.45, 7) is 3.84. The Morgan fingerprint density at radius 3 is 2.00 bits per heavy atom. The Morgan fingerprint density at radius 1 is 0.902 bits per heavy atom. The summed E-state index contributed by atoms with van der Waals surface area (Å²) < 4.78 is 46.8. The van der Waals surface area contributed by atoms with Crippen LogP contribution in [-0.2, 0) is 30.5 Å². The number of benzene rings is 2. The van der Waals surface area contributed by atoms with Crippen LogP contribution in [0.5, 0.6) is 0 Å². The van der Waals surface area contributed by atoms with E-state index < -0.39 is 84.6 Å². The molecule has 0 radical (unpaired) electrons. The number of nitrogens with zero attached hydrogens (tertiary/aromatic N) is 2. The number of aryl methyl sites for hydroxylation is 2. The van der Waals surface area contributed by atoms with Gasteiger partial charge in [0.05, 0.1) is 16.5 Å². The molecule has 3 aromatic rings. The van der Waals surface area contributed by atoms with Crippen LogP contribution >= 0.6 is 0 Å². The molecule has 0 aliphatic rings. The quantitative estimate of drug-likeness (QED) is 0.118. The Hall–Kier alpha value is -6.08. The van der Waals surface area contributed by atoms with Crippen molar-refractivity contribution in [1.29, 1.82) is 0 Å². The SMILES string of the molecule is Cc1nc2cc(C)c(CN(C)c3ccc(C(=O)N[C@@H](CCC(=O)N[C@H](CCC(=O)O)C(=O)O)C(=O)O)c(F)c3)cc2c(=O)[nH]1.O=C(O)C(F)(F)F. The van der Waals surface area contributed by atoms with Gasteiger partial charge in [-0.25, -0.2) is 23.8 Å². The maximum absolute atomic E-state index is 15.0. The van der Waals surface area contributed by atoms with Gasteiger partial charge in [0.15, 0.2) is 0 Å². The van der Waals surface area contributed by atoms with Crippen molar-refractivity contribution in [3.8, 4) is 0 Å². The lowest BCUT2D eigenvalue weighted by molar-refractivity contribution is -0.192. The van der Waals surface area contributed by atoms with Crippen LogP contribution in [-0.4, -0.2) is 91.4 Å². The Bertz CT molecular complexity index is 1880. The number of carboxylic acid groups (broad SMARTS) is 4. The van der Waals surface area contributed by atoms with E-state index in [1.165, 1.54) is 12.1 Å². The van der Waals surface area contributed by atoms with Crippen molar-refractivity contribution in [1.82, 2.24) is 20.6 Å². The standard InChI is InChI=1S/C29H32FN5O9.C2HF3O2/c1-14-10-23-19(27(40)32-15(2)31-23)11-16(14)13-35(3)17-4-5-18(20(30)12-17)26(39)34-22(29(43)44)6-8-24(36)33-21(28(41)42)7-9-25(37)38;3-2(4,5)1(6)7/h4-5,10-12,21-22H,6-9,13H2,1-3H3,(H,33,36)(H,34,39)(H,37,38)(H,41,42)(H,43,44)(H,31,32,40);(H,6,7)/t21-,22+;/m1./s1. The average Bonchev–Trinajstić information content (AvgIpc) is 3.01. The number of carboxylic acids is 4. The molecular weight excluding hydrogens is 694 g/mol. The Kier molecular flexibility index (Phi) is 14.1. The summed E-state index contributed by atoms with van der Waals surface area (Å²) in [4.78, 5) is 88.5. The van der Waals surface area contributed by atoms with Crippen LogP contribution in [0.1, 0.15) is 53.0 Å². The van der Waals surface area contributed by atoms with Gasteiger partial charge in [0.1, 0.15) is 23.7 Å². The number of hydrogen-bond acceptors (Lipinski definition) is 9. The Morgan fingerprint density at radius 2 is 1.47 bits per heavy atom. The first-order valence-electron chi connectivity index (χ1n) is 14.7. The number of aromatic amines is 1. The number of nitrogens with one attached hydrogen (secondary N) is 3. The first-order chi connectivity index (χ1) is 23.6. The van der Waals surface area contributed by atoms with Gasteiger partial charge >= 0.3 is 30.1 Å². The number of rotatable bonds is 14. The zero-order chi connectivity index (χ0) is 38.8. The maximum Gasteiger partial charge on any atom is 0.490 e. The largest absolute Gasteiger partial charge is 0.490 e. The highest BCUT2D eigenvalue weighted by Crippen LogP contribution is 2.23. The van der Waals surface area contributed by atoms with Crippen molar-refractivity contribution < 1.29 is 66.8 Å². The first-order valence-corrected chi connectivity index (χ1v) is 14.7.